The fourth-order valence-electron chi connectivity index (χ4n) is 4.13. The number of nitrogens with one attached hydrogen (secondary N) is 1. The molecule has 0 aromatic heterocycles. The molecule has 34 heavy (non-hydrogen) atoms. The number of amides is 2. The number of rotatable bonds is 6. The number of carboxylic acid groups (broad SMARTS) is 1. The zero-order chi connectivity index (χ0) is 24.1. The molecule has 2 aliphatic heterocycles. The topological polar surface area (TPSA) is 102 Å². The third-order valence-corrected chi connectivity index (χ3v) is 6.38. The summed E-state index contributed by atoms with van der Waals surface area (Å²) in [6.45, 7) is 5.40. The quantitative estimate of drug-likeness (QED) is 0.645. The highest BCUT2D eigenvalue weighted by Gasteiger charge is 2.25. The minimum atomic E-state index is -1.08. The summed E-state index contributed by atoms with van der Waals surface area (Å²) < 4.78 is 5.31. The van der Waals surface area contributed by atoms with Crippen LogP contribution < -0.4 is 10.2 Å². The Kier molecular flexibility index (Phi) is 7.66. The summed E-state index contributed by atoms with van der Waals surface area (Å²) in [7, 11) is 0. The number of nitrogens with zero attached hydrogens (tertiary/aromatic N) is 3. The molecule has 2 saturated heterocycles. The van der Waals surface area contributed by atoms with Crippen LogP contribution in [0.25, 0.3) is 0 Å². The zero-order valence-electron chi connectivity index (χ0n) is 18.7. The lowest BCUT2D eigenvalue weighted by Gasteiger charge is -2.37. The number of carbonyl (C=O) groups is 3. The normalized spacial score (nSPS) is 16.9. The molecule has 2 aromatic carbocycles. The lowest BCUT2D eigenvalue weighted by atomic mass is 10.1. The van der Waals surface area contributed by atoms with Gasteiger partial charge in [0.05, 0.1) is 47.3 Å². The van der Waals surface area contributed by atoms with Crippen molar-refractivity contribution in [1.29, 1.82) is 0 Å². The van der Waals surface area contributed by atoms with Crippen molar-refractivity contribution in [2.24, 2.45) is 0 Å². The van der Waals surface area contributed by atoms with Gasteiger partial charge in [-0.05, 0) is 30.3 Å². The molecule has 2 aromatic rings. The van der Waals surface area contributed by atoms with E-state index in [9.17, 15) is 19.5 Å². The second-order valence-corrected chi connectivity index (χ2v) is 8.63. The van der Waals surface area contributed by atoms with Crippen LogP contribution in [0.3, 0.4) is 0 Å². The average Bonchev–Trinajstić information content (AvgIpc) is 2.85. The molecule has 180 valence electrons. The highest BCUT2D eigenvalue weighted by Crippen LogP contribution is 2.29. The van der Waals surface area contributed by atoms with Gasteiger partial charge >= 0.3 is 5.97 Å². The second kappa shape index (κ2) is 10.9. The number of ether oxygens (including phenoxy) is 1. The lowest BCUT2D eigenvalue weighted by molar-refractivity contribution is -0.136. The summed E-state index contributed by atoms with van der Waals surface area (Å²) in [6.07, 6.45) is 0. The summed E-state index contributed by atoms with van der Waals surface area (Å²) >= 11 is 6.16. The van der Waals surface area contributed by atoms with Crippen molar-refractivity contribution in [2.45, 2.75) is 0 Å². The molecule has 0 bridgehead atoms. The molecule has 2 N–H and O–H groups in total. The Morgan fingerprint density at radius 1 is 0.971 bits per heavy atom. The molecule has 0 spiro atoms. The first-order valence-electron chi connectivity index (χ1n) is 11.2. The fourth-order valence-corrected chi connectivity index (χ4v) is 4.35. The number of hydrogen-bond acceptors (Lipinski definition) is 6. The maximum Gasteiger partial charge on any atom is 0.335 e. The number of piperazine rings is 1. The van der Waals surface area contributed by atoms with Gasteiger partial charge in [0.25, 0.3) is 5.91 Å². The summed E-state index contributed by atoms with van der Waals surface area (Å²) in [6, 6.07) is 11.4. The zero-order valence-corrected chi connectivity index (χ0v) is 19.5. The van der Waals surface area contributed by atoms with Crippen LogP contribution in [-0.4, -0.2) is 91.7 Å². The number of hydrogen-bond donors (Lipinski definition) is 2. The van der Waals surface area contributed by atoms with E-state index in [4.69, 9.17) is 16.3 Å². The molecule has 0 unspecified atom stereocenters. The molecule has 0 atom stereocenters. The van der Waals surface area contributed by atoms with E-state index in [2.05, 4.69) is 15.1 Å². The van der Waals surface area contributed by atoms with Crippen molar-refractivity contribution in [3.05, 3.63) is 58.6 Å². The molecule has 0 aliphatic carbocycles. The number of benzene rings is 2. The van der Waals surface area contributed by atoms with Crippen molar-refractivity contribution in [1.82, 2.24) is 9.80 Å². The number of halogens is 1. The Hall–Kier alpha value is -3.14. The Morgan fingerprint density at radius 2 is 1.68 bits per heavy atom. The van der Waals surface area contributed by atoms with E-state index in [1.54, 1.807) is 30.3 Å². The number of morpholine rings is 1. The van der Waals surface area contributed by atoms with E-state index in [-0.39, 0.29) is 11.5 Å². The summed E-state index contributed by atoms with van der Waals surface area (Å²) in [4.78, 5) is 43.0. The standard InChI is InChI=1S/C24H27ClN4O5/c25-19-4-2-1-3-18(19)23(31)26-20-15-17(24(32)33)5-6-21(20)28-9-7-27(8-10-28)16-22(30)29-11-13-34-14-12-29/h1-6,15H,7-14,16H2,(H,26,31)(H,32,33). The van der Waals surface area contributed by atoms with Crippen molar-refractivity contribution in [3.8, 4) is 0 Å². The molecule has 9 nitrogen and oxygen atoms in total. The first kappa shape index (κ1) is 24.0. The van der Waals surface area contributed by atoms with Gasteiger partial charge in [0.2, 0.25) is 5.91 Å². The maximum atomic E-state index is 12.9. The average molecular weight is 487 g/mol. The van der Waals surface area contributed by atoms with Gasteiger partial charge in [0.15, 0.2) is 0 Å². The fraction of sp³-hybridized carbons (Fsp3) is 0.375. The highest BCUT2D eigenvalue weighted by atomic mass is 35.5. The summed E-state index contributed by atoms with van der Waals surface area (Å²) in [5, 5.41) is 12.6. The smallest absolute Gasteiger partial charge is 0.335 e. The van der Waals surface area contributed by atoms with Gasteiger partial charge in [-0.2, -0.15) is 0 Å². The van der Waals surface area contributed by atoms with Crippen molar-refractivity contribution in [2.75, 3.05) is 69.2 Å². The number of anilines is 2. The van der Waals surface area contributed by atoms with Gasteiger partial charge in [-0.1, -0.05) is 23.7 Å². The molecule has 2 fully saturated rings. The molecular formula is C24H27ClN4O5. The highest BCUT2D eigenvalue weighted by molar-refractivity contribution is 6.34. The third kappa shape index (κ3) is 5.67. The Balaban J connectivity index is 1.45. The van der Waals surface area contributed by atoms with Gasteiger partial charge in [0.1, 0.15) is 0 Å². The Morgan fingerprint density at radius 3 is 2.35 bits per heavy atom. The van der Waals surface area contributed by atoms with Crippen LogP contribution in [-0.2, 0) is 9.53 Å². The lowest BCUT2D eigenvalue weighted by Crippen LogP contribution is -2.51. The summed E-state index contributed by atoms with van der Waals surface area (Å²) in [5.74, 6) is -1.38. The van der Waals surface area contributed by atoms with Crippen LogP contribution >= 0.6 is 11.6 Å². The van der Waals surface area contributed by atoms with Crippen molar-refractivity contribution < 1.29 is 24.2 Å². The predicted molar refractivity (Wildman–Crippen MR) is 129 cm³/mol. The van der Waals surface area contributed by atoms with E-state index in [0.717, 1.165) is 5.69 Å². The largest absolute Gasteiger partial charge is 0.478 e. The minimum Gasteiger partial charge on any atom is -0.478 e. The SMILES string of the molecule is O=C(O)c1ccc(N2CCN(CC(=O)N3CCOCC3)CC2)c(NC(=O)c2ccccc2Cl)c1. The van der Waals surface area contributed by atoms with E-state index >= 15 is 0 Å². The Labute approximate surface area is 202 Å². The second-order valence-electron chi connectivity index (χ2n) is 8.23. The van der Waals surface area contributed by atoms with Gasteiger partial charge in [-0.25, -0.2) is 4.79 Å². The first-order chi connectivity index (χ1) is 16.4. The van der Waals surface area contributed by atoms with Crippen LogP contribution in [0.4, 0.5) is 11.4 Å². The van der Waals surface area contributed by atoms with E-state index in [1.165, 1.54) is 12.1 Å². The van der Waals surface area contributed by atoms with Gasteiger partial charge in [-0.15, -0.1) is 0 Å². The monoisotopic (exact) mass is 486 g/mol. The molecule has 2 heterocycles. The predicted octanol–water partition coefficient (Wildman–Crippen LogP) is 2.27. The number of aromatic carboxylic acids is 1. The van der Waals surface area contributed by atoms with Crippen LogP contribution in [0, 0.1) is 0 Å². The van der Waals surface area contributed by atoms with E-state index < -0.39 is 11.9 Å². The van der Waals surface area contributed by atoms with Crippen LogP contribution in [0.15, 0.2) is 42.5 Å². The summed E-state index contributed by atoms with van der Waals surface area (Å²) in [5.41, 5.74) is 1.52. The Bertz CT molecular complexity index is 1070. The molecule has 4 rings (SSSR count). The molecule has 0 saturated carbocycles. The maximum absolute atomic E-state index is 12.9. The van der Waals surface area contributed by atoms with Gasteiger partial charge in [-0.3, -0.25) is 14.5 Å². The van der Waals surface area contributed by atoms with Crippen molar-refractivity contribution in [3.63, 3.8) is 0 Å². The third-order valence-electron chi connectivity index (χ3n) is 6.05. The molecule has 0 radical (unpaired) electrons. The van der Waals surface area contributed by atoms with E-state index in [1.807, 2.05) is 4.90 Å². The van der Waals surface area contributed by atoms with Crippen LogP contribution in [0.2, 0.25) is 5.02 Å². The number of carbonyl (C=O) groups excluding carboxylic acids is 2. The van der Waals surface area contributed by atoms with Crippen molar-refractivity contribution >= 4 is 40.8 Å². The first-order valence-corrected chi connectivity index (χ1v) is 11.6. The molecule has 10 heteroatoms. The molecule has 2 amide bonds. The van der Waals surface area contributed by atoms with Gasteiger partial charge in [0, 0.05) is 39.3 Å². The molecular weight excluding hydrogens is 460 g/mol. The van der Waals surface area contributed by atoms with Crippen LogP contribution in [0.5, 0.6) is 0 Å². The van der Waals surface area contributed by atoms with Crippen LogP contribution in [0.1, 0.15) is 20.7 Å². The van der Waals surface area contributed by atoms with E-state index in [0.29, 0.717) is 75.3 Å². The van der Waals surface area contributed by atoms with Gasteiger partial charge < -0.3 is 25.0 Å². The molecule has 2 aliphatic rings. The minimum absolute atomic E-state index is 0.0768. The number of carboxylic acids is 1.